The fourth-order valence-corrected chi connectivity index (χ4v) is 1.46. The minimum atomic E-state index is -0.148. The maximum Gasteiger partial charge on any atom is 0.128 e. The van der Waals surface area contributed by atoms with E-state index in [-0.39, 0.29) is 5.82 Å². The summed E-state index contributed by atoms with van der Waals surface area (Å²) >= 11 is 0. The van der Waals surface area contributed by atoms with E-state index in [2.05, 4.69) is 0 Å². The van der Waals surface area contributed by atoms with Gasteiger partial charge in [-0.2, -0.15) is 0 Å². The van der Waals surface area contributed by atoms with Gasteiger partial charge in [0.2, 0.25) is 0 Å². The van der Waals surface area contributed by atoms with Crippen molar-refractivity contribution in [3.8, 4) is 0 Å². The van der Waals surface area contributed by atoms with Crippen LogP contribution in [0.4, 0.5) is 10.1 Å². The molecule has 0 saturated heterocycles. The summed E-state index contributed by atoms with van der Waals surface area (Å²) in [6.45, 7) is 2.55. The van der Waals surface area contributed by atoms with Crippen LogP contribution in [0, 0.1) is 12.7 Å². The second-order valence-electron chi connectivity index (χ2n) is 3.60. The Labute approximate surface area is 83.2 Å². The van der Waals surface area contributed by atoms with Crippen LogP contribution in [-0.4, -0.2) is 18.6 Å². The molecule has 2 rings (SSSR count). The molecule has 0 N–H and O–H groups in total. The van der Waals surface area contributed by atoms with Gasteiger partial charge in [-0.3, -0.25) is 0 Å². The van der Waals surface area contributed by atoms with Crippen molar-refractivity contribution in [3.63, 3.8) is 0 Å². The van der Waals surface area contributed by atoms with Crippen LogP contribution in [0.5, 0.6) is 0 Å². The second-order valence-corrected chi connectivity index (χ2v) is 3.60. The molecule has 1 aromatic carbocycles. The molecule has 0 atom stereocenters. The van der Waals surface area contributed by atoms with E-state index in [0.717, 1.165) is 12.4 Å². The molecule has 1 aliphatic rings. The number of benzene rings is 1. The van der Waals surface area contributed by atoms with Crippen LogP contribution in [-0.2, 0) is 0 Å². The molecule has 0 aromatic heterocycles. The molecule has 0 fully saturated rings. The molecule has 2 nitrogen and oxygen atoms in total. The zero-order chi connectivity index (χ0) is 10.1. The zero-order valence-corrected chi connectivity index (χ0v) is 8.37. The molecule has 0 bridgehead atoms. The number of hydrogen-bond acceptors (Lipinski definition) is 2. The second kappa shape index (κ2) is 3.33. The van der Waals surface area contributed by atoms with E-state index in [9.17, 15) is 4.39 Å². The number of nitrogens with zero attached hydrogens (tertiary/aromatic N) is 2. The number of aryl methyl sites for hydroxylation is 1. The minimum Gasteiger partial charge on any atom is -0.361 e. The van der Waals surface area contributed by atoms with Crippen molar-refractivity contribution in [2.24, 2.45) is 0 Å². The van der Waals surface area contributed by atoms with E-state index in [1.807, 2.05) is 35.3 Å². The smallest absolute Gasteiger partial charge is 0.128 e. The van der Waals surface area contributed by atoms with Crippen LogP contribution in [0.3, 0.4) is 0 Å². The maximum atomic E-state index is 13.3. The van der Waals surface area contributed by atoms with Gasteiger partial charge in [-0.15, -0.1) is 0 Å². The molecular formula is C11H13FN2. The first-order chi connectivity index (χ1) is 6.66. The van der Waals surface area contributed by atoms with Gasteiger partial charge in [-0.1, -0.05) is 6.07 Å². The Morgan fingerprint density at radius 3 is 2.64 bits per heavy atom. The van der Waals surface area contributed by atoms with Gasteiger partial charge in [-0.05, 0) is 24.6 Å². The Morgan fingerprint density at radius 2 is 2.07 bits per heavy atom. The highest BCUT2D eigenvalue weighted by molar-refractivity contribution is 5.51. The molecule has 0 radical (unpaired) electrons. The first-order valence-corrected chi connectivity index (χ1v) is 4.58. The van der Waals surface area contributed by atoms with E-state index in [0.29, 0.717) is 5.56 Å². The Hall–Kier alpha value is -1.51. The van der Waals surface area contributed by atoms with E-state index in [1.54, 1.807) is 19.1 Å². The topological polar surface area (TPSA) is 6.48 Å². The summed E-state index contributed by atoms with van der Waals surface area (Å²) in [7, 11) is 1.99. The summed E-state index contributed by atoms with van der Waals surface area (Å²) in [4.78, 5) is 4.04. The van der Waals surface area contributed by atoms with Crippen LogP contribution in [0.15, 0.2) is 30.6 Å². The molecule has 3 heteroatoms. The molecule has 0 saturated carbocycles. The largest absolute Gasteiger partial charge is 0.361 e. The van der Waals surface area contributed by atoms with Gasteiger partial charge >= 0.3 is 0 Å². The van der Waals surface area contributed by atoms with E-state index in [1.165, 1.54) is 0 Å². The van der Waals surface area contributed by atoms with Crippen molar-refractivity contribution >= 4 is 5.69 Å². The Morgan fingerprint density at radius 1 is 1.29 bits per heavy atom. The SMILES string of the molecule is Cc1ccc(N2C=CN(C)C2)cc1F. The standard InChI is InChI=1S/C11H13FN2/c1-9-3-4-10(7-11(9)12)14-6-5-13(2)8-14/h3-7H,8H2,1-2H3. The number of hydrogen-bond donors (Lipinski definition) is 0. The molecule has 1 aliphatic heterocycles. The molecular weight excluding hydrogens is 179 g/mol. The van der Waals surface area contributed by atoms with Crippen molar-refractivity contribution in [2.75, 3.05) is 18.6 Å². The molecule has 1 aromatic rings. The highest BCUT2D eigenvalue weighted by Crippen LogP contribution is 2.21. The van der Waals surface area contributed by atoms with Crippen LogP contribution in [0.25, 0.3) is 0 Å². The van der Waals surface area contributed by atoms with Crippen LogP contribution < -0.4 is 4.90 Å². The summed E-state index contributed by atoms with van der Waals surface area (Å²) in [6.07, 6.45) is 3.92. The molecule has 14 heavy (non-hydrogen) atoms. The fourth-order valence-electron chi connectivity index (χ4n) is 1.46. The predicted octanol–water partition coefficient (Wildman–Crippen LogP) is 2.31. The summed E-state index contributed by atoms with van der Waals surface area (Å²) in [6, 6.07) is 5.30. The lowest BCUT2D eigenvalue weighted by Crippen LogP contribution is -2.21. The van der Waals surface area contributed by atoms with Gasteiger partial charge in [0.15, 0.2) is 0 Å². The average molecular weight is 192 g/mol. The van der Waals surface area contributed by atoms with Crippen molar-refractivity contribution < 1.29 is 4.39 Å². The highest BCUT2D eigenvalue weighted by Gasteiger charge is 2.11. The van der Waals surface area contributed by atoms with Crippen LogP contribution in [0.2, 0.25) is 0 Å². The van der Waals surface area contributed by atoms with Gasteiger partial charge < -0.3 is 9.80 Å². The highest BCUT2D eigenvalue weighted by atomic mass is 19.1. The van der Waals surface area contributed by atoms with Crippen molar-refractivity contribution in [2.45, 2.75) is 6.92 Å². The Balaban J connectivity index is 2.25. The number of anilines is 1. The van der Waals surface area contributed by atoms with Gasteiger partial charge in [0, 0.05) is 25.1 Å². The van der Waals surface area contributed by atoms with Crippen molar-refractivity contribution in [1.29, 1.82) is 0 Å². The van der Waals surface area contributed by atoms with Gasteiger partial charge in [0.1, 0.15) is 5.82 Å². The third kappa shape index (κ3) is 1.58. The quantitative estimate of drug-likeness (QED) is 0.673. The number of rotatable bonds is 1. The summed E-state index contributed by atoms with van der Waals surface area (Å²) < 4.78 is 13.3. The fraction of sp³-hybridized carbons (Fsp3) is 0.273. The first-order valence-electron chi connectivity index (χ1n) is 4.58. The van der Waals surface area contributed by atoms with Gasteiger partial charge in [-0.25, -0.2) is 4.39 Å². The van der Waals surface area contributed by atoms with Gasteiger partial charge in [0.25, 0.3) is 0 Å². The predicted molar refractivity (Wildman–Crippen MR) is 55.4 cm³/mol. The third-order valence-corrected chi connectivity index (χ3v) is 2.36. The van der Waals surface area contributed by atoms with Crippen molar-refractivity contribution in [1.82, 2.24) is 4.90 Å². The molecule has 0 unspecified atom stereocenters. The molecule has 0 spiro atoms. The number of halogens is 1. The van der Waals surface area contributed by atoms with E-state index >= 15 is 0 Å². The minimum absolute atomic E-state index is 0.148. The first kappa shape index (κ1) is 9.06. The molecule has 0 aliphatic carbocycles. The monoisotopic (exact) mass is 192 g/mol. The summed E-state index contributed by atoms with van der Waals surface area (Å²) in [5.74, 6) is -0.148. The van der Waals surface area contributed by atoms with E-state index < -0.39 is 0 Å². The summed E-state index contributed by atoms with van der Waals surface area (Å²) in [5, 5.41) is 0. The lowest BCUT2D eigenvalue weighted by atomic mass is 10.2. The molecule has 74 valence electrons. The van der Waals surface area contributed by atoms with Crippen LogP contribution >= 0.6 is 0 Å². The summed E-state index contributed by atoms with van der Waals surface area (Å²) in [5.41, 5.74) is 1.58. The average Bonchev–Trinajstić information content (AvgIpc) is 2.57. The third-order valence-electron chi connectivity index (χ3n) is 2.36. The molecule has 0 amide bonds. The van der Waals surface area contributed by atoms with Crippen molar-refractivity contribution in [3.05, 3.63) is 42.0 Å². The van der Waals surface area contributed by atoms with Gasteiger partial charge in [0.05, 0.1) is 6.67 Å². The lowest BCUT2D eigenvalue weighted by Gasteiger charge is -2.18. The Bertz CT molecular complexity index is 374. The van der Waals surface area contributed by atoms with Crippen LogP contribution in [0.1, 0.15) is 5.56 Å². The lowest BCUT2D eigenvalue weighted by molar-refractivity contribution is 0.495. The Kier molecular flexibility index (Phi) is 2.15. The van der Waals surface area contributed by atoms with E-state index in [4.69, 9.17) is 0 Å². The maximum absolute atomic E-state index is 13.3. The molecule has 1 heterocycles. The normalized spacial score (nSPS) is 15.4. The zero-order valence-electron chi connectivity index (χ0n) is 8.37.